The zero-order valence-corrected chi connectivity index (χ0v) is 7.05. The van der Waals surface area contributed by atoms with Crippen molar-refractivity contribution in [2.75, 3.05) is 6.61 Å². The molecule has 0 aliphatic carbocycles. The normalized spacial score (nSPS) is 17.8. The highest BCUT2D eigenvalue weighted by molar-refractivity contribution is 4.99. The van der Waals surface area contributed by atoms with Gasteiger partial charge in [0, 0.05) is 0 Å². The molecule has 0 spiro atoms. The molecule has 1 aromatic carbocycles. The summed E-state index contributed by atoms with van der Waals surface area (Å²) in [5.74, 6) is 0. The predicted octanol–water partition coefficient (Wildman–Crippen LogP) is 2.11. The summed E-state index contributed by atoms with van der Waals surface area (Å²) in [7, 11) is 0. The van der Waals surface area contributed by atoms with Gasteiger partial charge < -0.3 is 4.74 Å². The van der Waals surface area contributed by atoms with Gasteiger partial charge in [-0.05, 0) is 6.92 Å². The summed E-state index contributed by atoms with van der Waals surface area (Å²) in [6.07, 6.45) is 0.583. The topological polar surface area (TPSA) is 53.0 Å². The lowest BCUT2D eigenvalue weighted by Gasteiger charge is -1.69. The van der Waals surface area contributed by atoms with Gasteiger partial charge in [0.2, 0.25) is 0 Å². The number of ether oxygens (including phenoxy) is 1. The van der Waals surface area contributed by atoms with E-state index in [0.29, 0.717) is 6.10 Å². The fourth-order valence-electron chi connectivity index (χ4n) is 0.481. The van der Waals surface area contributed by atoms with Gasteiger partial charge in [0.15, 0.2) is 0 Å². The summed E-state index contributed by atoms with van der Waals surface area (Å²) in [6.45, 7) is 3.04. The molecule has 1 aliphatic heterocycles. The first kappa shape index (κ1) is 11.1. The van der Waals surface area contributed by atoms with Crippen molar-refractivity contribution in [3.8, 4) is 0 Å². The van der Waals surface area contributed by atoms with E-state index in [-0.39, 0.29) is 0 Å². The van der Waals surface area contributed by atoms with E-state index in [1.807, 2.05) is 36.4 Å². The molecular weight excluding hydrogens is 156 g/mol. The monoisotopic (exact) mass is 170 g/mol. The van der Waals surface area contributed by atoms with Gasteiger partial charge in [-0.15, -0.1) is 0 Å². The number of hydrogen-bond donors (Lipinski definition) is 2. The van der Waals surface area contributed by atoms with Gasteiger partial charge in [0.25, 0.3) is 0 Å². The van der Waals surface area contributed by atoms with Gasteiger partial charge in [-0.25, -0.2) is 0 Å². The number of rotatable bonds is 0. The molecule has 2 rings (SSSR count). The van der Waals surface area contributed by atoms with Crippen LogP contribution < -0.4 is 0 Å². The minimum absolute atomic E-state index is 0.583. The maximum atomic E-state index is 6.00. The third-order valence-electron chi connectivity index (χ3n) is 1.17. The van der Waals surface area contributed by atoms with Crippen LogP contribution in [0.4, 0.5) is 0 Å². The lowest BCUT2D eigenvalue weighted by molar-refractivity contribution is -0.176. The number of epoxide rings is 1. The lowest BCUT2D eigenvalue weighted by atomic mass is 10.4. The fraction of sp³-hybridized carbons (Fsp3) is 0.333. The molecule has 2 N–H and O–H groups in total. The van der Waals surface area contributed by atoms with Crippen LogP contribution in [0, 0.1) is 0 Å². The van der Waals surface area contributed by atoms with Crippen molar-refractivity contribution in [3.05, 3.63) is 36.4 Å². The van der Waals surface area contributed by atoms with E-state index in [0.717, 1.165) is 6.61 Å². The van der Waals surface area contributed by atoms with Crippen LogP contribution in [0.3, 0.4) is 0 Å². The second-order valence-electron chi connectivity index (χ2n) is 2.30. The van der Waals surface area contributed by atoms with Gasteiger partial charge in [-0.2, -0.15) is 0 Å². The van der Waals surface area contributed by atoms with Crippen LogP contribution in [-0.2, 0) is 4.74 Å². The molecule has 68 valence electrons. The van der Waals surface area contributed by atoms with Gasteiger partial charge in [0.1, 0.15) is 0 Å². The van der Waals surface area contributed by atoms with Crippen LogP contribution in [-0.4, -0.2) is 23.2 Å². The molecule has 1 aromatic rings. The Kier molecular flexibility index (Phi) is 7.58. The van der Waals surface area contributed by atoms with Crippen molar-refractivity contribution in [2.45, 2.75) is 13.0 Å². The highest BCUT2D eigenvalue weighted by Gasteiger charge is 2.13. The smallest absolute Gasteiger partial charge is 0.0781 e. The first-order valence-electron chi connectivity index (χ1n) is 3.71. The molecule has 1 saturated heterocycles. The van der Waals surface area contributed by atoms with Crippen molar-refractivity contribution >= 4 is 0 Å². The minimum Gasteiger partial charge on any atom is -0.373 e. The molecule has 1 unspecified atom stereocenters. The summed E-state index contributed by atoms with van der Waals surface area (Å²) in [4.78, 5) is 0. The third kappa shape index (κ3) is 9.10. The Bertz CT molecular complexity index is 134. The van der Waals surface area contributed by atoms with Gasteiger partial charge in [-0.3, -0.25) is 10.5 Å². The Hall–Kier alpha value is -0.900. The van der Waals surface area contributed by atoms with Gasteiger partial charge in [0.05, 0.1) is 12.7 Å². The Morgan fingerprint density at radius 1 is 1.00 bits per heavy atom. The molecule has 0 radical (unpaired) electrons. The molecule has 0 bridgehead atoms. The maximum Gasteiger partial charge on any atom is 0.0781 e. The minimum atomic E-state index is 0.583. The average Bonchev–Trinajstić information content (AvgIpc) is 2.95. The van der Waals surface area contributed by atoms with Crippen LogP contribution in [0.1, 0.15) is 6.92 Å². The first-order chi connectivity index (χ1) is 5.89. The summed E-state index contributed by atoms with van der Waals surface area (Å²) in [6, 6.07) is 12.0. The molecule has 1 atom stereocenters. The molecule has 0 saturated carbocycles. The number of hydrogen-bond acceptors (Lipinski definition) is 3. The van der Waals surface area contributed by atoms with Crippen LogP contribution in [0.25, 0.3) is 0 Å². The maximum absolute atomic E-state index is 6.00. The fourth-order valence-corrected chi connectivity index (χ4v) is 0.481. The average molecular weight is 170 g/mol. The third-order valence-corrected chi connectivity index (χ3v) is 1.17. The van der Waals surface area contributed by atoms with E-state index >= 15 is 0 Å². The molecule has 1 aliphatic rings. The molecule has 0 amide bonds. The van der Waals surface area contributed by atoms with Crippen molar-refractivity contribution in [1.29, 1.82) is 0 Å². The van der Waals surface area contributed by atoms with Crippen LogP contribution in [0.5, 0.6) is 0 Å². The molecule has 1 heterocycles. The highest BCUT2D eigenvalue weighted by atomic mass is 17.0. The van der Waals surface area contributed by atoms with E-state index in [2.05, 4.69) is 6.92 Å². The summed E-state index contributed by atoms with van der Waals surface area (Å²) >= 11 is 0. The van der Waals surface area contributed by atoms with Crippen molar-refractivity contribution in [1.82, 2.24) is 0 Å². The Morgan fingerprint density at radius 2 is 1.17 bits per heavy atom. The summed E-state index contributed by atoms with van der Waals surface area (Å²) < 4.78 is 4.71. The van der Waals surface area contributed by atoms with Crippen LogP contribution >= 0.6 is 0 Å². The number of benzene rings is 1. The second kappa shape index (κ2) is 8.20. The van der Waals surface area contributed by atoms with Gasteiger partial charge in [-0.1, -0.05) is 36.4 Å². The molecular formula is C9H14O3. The van der Waals surface area contributed by atoms with Crippen molar-refractivity contribution in [2.24, 2.45) is 0 Å². The zero-order chi connectivity index (χ0) is 9.23. The molecule has 0 aromatic heterocycles. The van der Waals surface area contributed by atoms with Crippen molar-refractivity contribution in [3.63, 3.8) is 0 Å². The lowest BCUT2D eigenvalue weighted by Crippen LogP contribution is -1.60. The first-order valence-corrected chi connectivity index (χ1v) is 3.71. The van der Waals surface area contributed by atoms with E-state index < -0.39 is 0 Å². The molecule has 12 heavy (non-hydrogen) atoms. The van der Waals surface area contributed by atoms with E-state index in [4.69, 9.17) is 15.3 Å². The molecule has 1 fully saturated rings. The van der Waals surface area contributed by atoms with Crippen molar-refractivity contribution < 1.29 is 15.3 Å². The molecule has 3 heteroatoms. The molecule has 3 nitrogen and oxygen atoms in total. The van der Waals surface area contributed by atoms with E-state index in [1.54, 1.807) is 0 Å². The quantitative estimate of drug-likeness (QED) is 0.356. The van der Waals surface area contributed by atoms with E-state index in [9.17, 15) is 0 Å². The zero-order valence-electron chi connectivity index (χ0n) is 7.05. The largest absolute Gasteiger partial charge is 0.373 e. The summed E-state index contributed by atoms with van der Waals surface area (Å²) in [5.41, 5.74) is 0. The van der Waals surface area contributed by atoms with E-state index in [1.165, 1.54) is 0 Å². The van der Waals surface area contributed by atoms with Gasteiger partial charge >= 0.3 is 0 Å². The summed E-state index contributed by atoms with van der Waals surface area (Å²) in [5, 5.41) is 12.0. The standard InChI is InChI=1S/C6H6.C3H6O.H2O2/c1-2-4-6-5-3-1;1-3-2-4-3;1-2/h1-6H;3H,2H2,1H3;1-2H. The van der Waals surface area contributed by atoms with Crippen LogP contribution in [0.2, 0.25) is 0 Å². The Balaban J connectivity index is 0.000000176. The second-order valence-corrected chi connectivity index (χ2v) is 2.30. The Morgan fingerprint density at radius 3 is 1.25 bits per heavy atom. The highest BCUT2D eigenvalue weighted by Crippen LogP contribution is 2.04. The van der Waals surface area contributed by atoms with Crippen LogP contribution in [0.15, 0.2) is 36.4 Å². The SMILES string of the molecule is CC1CO1.OO.c1ccccc1. The Labute approximate surface area is 72.2 Å². The predicted molar refractivity (Wildman–Crippen MR) is 47.1 cm³/mol.